The number of aliphatic hydroxyl groups excluding tert-OH is 2. The lowest BCUT2D eigenvalue weighted by molar-refractivity contribution is 0.104. The number of halogens is 1. The van der Waals surface area contributed by atoms with Crippen molar-refractivity contribution in [2.45, 2.75) is 6.54 Å². The zero-order chi connectivity index (χ0) is 18.8. The molecule has 1 aliphatic rings. The van der Waals surface area contributed by atoms with Crippen LogP contribution in [0.4, 0.5) is 5.69 Å². The summed E-state index contributed by atoms with van der Waals surface area (Å²) in [5.74, 6) is -0.0258. The Morgan fingerprint density at radius 1 is 0.964 bits per heavy atom. The number of nitrogens with zero attached hydrogens (tertiary/aromatic N) is 2. The smallest absolute Gasteiger partial charge is 0.196 e. The molecule has 148 valence electrons. The highest BCUT2D eigenvalue weighted by Crippen LogP contribution is 2.41. The van der Waals surface area contributed by atoms with E-state index in [1.807, 2.05) is 41.1 Å². The van der Waals surface area contributed by atoms with Gasteiger partial charge in [-0.2, -0.15) is 5.10 Å². The van der Waals surface area contributed by atoms with Gasteiger partial charge in [-0.1, -0.05) is 24.3 Å². The van der Waals surface area contributed by atoms with Crippen LogP contribution in [0, 0.1) is 0 Å². The topological polar surface area (TPSA) is 99.4 Å². The van der Waals surface area contributed by atoms with Gasteiger partial charge in [0.05, 0.1) is 30.8 Å². The summed E-state index contributed by atoms with van der Waals surface area (Å²) in [5.41, 5.74) is 4.54. The molecule has 7 nitrogen and oxygen atoms in total. The number of benzene rings is 2. The molecule has 1 aromatic heterocycles. The number of carbonyl (C=O) groups is 1. The fraction of sp³-hybridized carbons (Fsp3) is 0.300. The summed E-state index contributed by atoms with van der Waals surface area (Å²) in [6, 6.07) is 11.4. The molecular weight excluding hydrogens is 380 g/mol. The van der Waals surface area contributed by atoms with Crippen LogP contribution in [0.1, 0.15) is 15.9 Å². The van der Waals surface area contributed by atoms with Crippen LogP contribution in [0.3, 0.4) is 0 Å². The number of hydrogen-bond donors (Lipinski definition) is 4. The van der Waals surface area contributed by atoms with E-state index in [1.165, 1.54) is 0 Å². The Morgan fingerprint density at radius 3 is 2.46 bits per heavy atom. The zero-order valence-corrected chi connectivity index (χ0v) is 16.1. The summed E-state index contributed by atoms with van der Waals surface area (Å²) in [7, 11) is 0. The van der Waals surface area contributed by atoms with Gasteiger partial charge < -0.3 is 20.8 Å². The van der Waals surface area contributed by atoms with Crippen LogP contribution in [-0.2, 0) is 6.54 Å². The van der Waals surface area contributed by atoms with Crippen molar-refractivity contribution >= 4 is 34.8 Å². The first-order chi connectivity index (χ1) is 13.3. The molecule has 0 atom stereocenters. The molecule has 0 aliphatic heterocycles. The third-order valence-electron chi connectivity index (χ3n) is 4.79. The normalized spacial score (nSPS) is 12.0. The predicted octanol–water partition coefficient (Wildman–Crippen LogP) is 1.66. The van der Waals surface area contributed by atoms with Crippen LogP contribution >= 0.6 is 12.4 Å². The first-order valence-electron chi connectivity index (χ1n) is 9.10. The highest BCUT2D eigenvalue weighted by Gasteiger charge is 2.30. The van der Waals surface area contributed by atoms with E-state index in [0.29, 0.717) is 37.3 Å². The number of nitrogens with one attached hydrogen (secondary N) is 2. The summed E-state index contributed by atoms with van der Waals surface area (Å²) >= 11 is 0. The van der Waals surface area contributed by atoms with Gasteiger partial charge in [-0.25, -0.2) is 0 Å². The molecule has 28 heavy (non-hydrogen) atoms. The number of hydrogen-bond acceptors (Lipinski definition) is 6. The average molecular weight is 403 g/mol. The molecule has 8 heteroatoms. The van der Waals surface area contributed by atoms with Gasteiger partial charge in [0.2, 0.25) is 0 Å². The Hall–Kier alpha value is -2.45. The maximum Gasteiger partial charge on any atom is 0.196 e. The van der Waals surface area contributed by atoms with E-state index in [9.17, 15) is 4.79 Å². The van der Waals surface area contributed by atoms with Crippen molar-refractivity contribution in [2.75, 3.05) is 38.2 Å². The fourth-order valence-electron chi connectivity index (χ4n) is 3.62. The lowest BCUT2D eigenvalue weighted by Gasteiger charge is -2.18. The summed E-state index contributed by atoms with van der Waals surface area (Å²) in [6.07, 6.45) is 0. The van der Waals surface area contributed by atoms with E-state index < -0.39 is 0 Å². The van der Waals surface area contributed by atoms with Crippen molar-refractivity contribution in [1.82, 2.24) is 15.1 Å². The lowest BCUT2D eigenvalue weighted by Crippen LogP contribution is -2.23. The van der Waals surface area contributed by atoms with Crippen molar-refractivity contribution in [3.05, 3.63) is 47.5 Å². The summed E-state index contributed by atoms with van der Waals surface area (Å²) in [6.45, 7) is 2.31. The van der Waals surface area contributed by atoms with Crippen LogP contribution in [0.25, 0.3) is 22.2 Å². The number of aliphatic hydroxyl groups is 2. The van der Waals surface area contributed by atoms with Crippen LogP contribution in [-0.4, -0.2) is 58.6 Å². The molecule has 0 saturated carbocycles. The molecule has 2 aromatic carbocycles. The van der Waals surface area contributed by atoms with Gasteiger partial charge in [0, 0.05) is 41.8 Å². The van der Waals surface area contributed by atoms with E-state index >= 15 is 0 Å². The van der Waals surface area contributed by atoms with Crippen molar-refractivity contribution in [1.29, 1.82) is 0 Å². The van der Waals surface area contributed by atoms with Gasteiger partial charge >= 0.3 is 0 Å². The maximum absolute atomic E-state index is 13.2. The van der Waals surface area contributed by atoms with Gasteiger partial charge in [-0.15, -0.1) is 12.4 Å². The SMILES string of the molecule is Cl.O=C1c2ccccc2-c2nn(CCNCCO)c3ccc(NCCO)c1c23. The minimum Gasteiger partial charge on any atom is -0.395 e. The van der Waals surface area contributed by atoms with E-state index in [2.05, 4.69) is 10.6 Å². The fourth-order valence-corrected chi connectivity index (χ4v) is 3.62. The molecule has 0 amide bonds. The quantitative estimate of drug-likeness (QED) is 0.334. The van der Waals surface area contributed by atoms with Crippen molar-refractivity contribution < 1.29 is 15.0 Å². The summed E-state index contributed by atoms with van der Waals surface area (Å²) in [4.78, 5) is 13.2. The molecule has 1 heterocycles. The molecule has 0 saturated heterocycles. The van der Waals surface area contributed by atoms with Crippen molar-refractivity contribution in [3.8, 4) is 11.3 Å². The maximum atomic E-state index is 13.2. The van der Waals surface area contributed by atoms with E-state index in [1.54, 1.807) is 0 Å². The third-order valence-corrected chi connectivity index (χ3v) is 4.79. The molecule has 0 spiro atoms. The number of ketones is 1. The molecular formula is C20H23ClN4O3. The third kappa shape index (κ3) is 3.38. The molecule has 4 N–H and O–H groups in total. The second-order valence-electron chi connectivity index (χ2n) is 6.45. The van der Waals surface area contributed by atoms with Crippen molar-refractivity contribution in [2.24, 2.45) is 0 Å². The molecule has 0 fully saturated rings. The highest BCUT2D eigenvalue weighted by atomic mass is 35.5. The molecule has 0 radical (unpaired) electrons. The van der Waals surface area contributed by atoms with Crippen LogP contribution in [0.5, 0.6) is 0 Å². The standard InChI is InChI=1S/C20H22N4O3.ClH/c25-11-8-21-7-10-24-16-6-5-15(22-9-12-26)17-18(16)19(23-24)13-3-1-2-4-14(13)20(17)27;/h1-6,21-22,25-26H,7-12H2;1H. The first kappa shape index (κ1) is 20.3. The van der Waals surface area contributed by atoms with Gasteiger partial charge in [0.25, 0.3) is 0 Å². The minimum absolute atomic E-state index is 0. The molecule has 3 aromatic rings. The van der Waals surface area contributed by atoms with E-state index in [0.717, 1.165) is 27.8 Å². The lowest BCUT2D eigenvalue weighted by atomic mass is 9.86. The second kappa shape index (κ2) is 8.70. The molecule has 1 aliphatic carbocycles. The Kier molecular flexibility index (Phi) is 6.31. The number of rotatable bonds is 8. The largest absolute Gasteiger partial charge is 0.395 e. The summed E-state index contributed by atoms with van der Waals surface area (Å²) in [5, 5.41) is 30.0. The second-order valence-corrected chi connectivity index (χ2v) is 6.45. The number of aromatic nitrogens is 2. The first-order valence-corrected chi connectivity index (χ1v) is 9.10. The van der Waals surface area contributed by atoms with Gasteiger partial charge in [0.1, 0.15) is 5.69 Å². The summed E-state index contributed by atoms with van der Waals surface area (Å²) < 4.78 is 1.91. The monoisotopic (exact) mass is 402 g/mol. The number of carbonyl (C=O) groups excluding carboxylic acids is 1. The number of fused-ring (bicyclic) bond motifs is 2. The molecule has 4 rings (SSSR count). The predicted molar refractivity (Wildman–Crippen MR) is 111 cm³/mol. The molecule has 0 bridgehead atoms. The van der Waals surface area contributed by atoms with Gasteiger partial charge in [-0.05, 0) is 12.1 Å². The van der Waals surface area contributed by atoms with Crippen LogP contribution < -0.4 is 10.6 Å². The van der Waals surface area contributed by atoms with E-state index in [4.69, 9.17) is 15.3 Å². The minimum atomic E-state index is -0.0258. The Bertz CT molecular complexity index is 1000. The van der Waals surface area contributed by atoms with Gasteiger partial charge in [-0.3, -0.25) is 9.48 Å². The van der Waals surface area contributed by atoms with E-state index in [-0.39, 0.29) is 31.4 Å². The average Bonchev–Trinajstić information content (AvgIpc) is 3.07. The Morgan fingerprint density at radius 2 is 1.71 bits per heavy atom. The molecule has 0 unspecified atom stereocenters. The number of anilines is 1. The highest BCUT2D eigenvalue weighted by molar-refractivity contribution is 6.27. The van der Waals surface area contributed by atoms with Crippen molar-refractivity contribution in [3.63, 3.8) is 0 Å². The Labute approximate surface area is 168 Å². The van der Waals surface area contributed by atoms with Crippen LogP contribution in [0.2, 0.25) is 0 Å². The van der Waals surface area contributed by atoms with Crippen LogP contribution in [0.15, 0.2) is 36.4 Å². The Balaban J connectivity index is 0.00000225. The van der Waals surface area contributed by atoms with Gasteiger partial charge in [0.15, 0.2) is 5.78 Å². The zero-order valence-electron chi connectivity index (χ0n) is 15.3.